The number of fused-ring (bicyclic) bond motifs is 1. The Bertz CT molecular complexity index is 1210. The first kappa shape index (κ1) is 16.8. The van der Waals surface area contributed by atoms with Gasteiger partial charge >= 0.3 is 0 Å². The maximum Gasteiger partial charge on any atom is 0.282 e. The van der Waals surface area contributed by atoms with Gasteiger partial charge in [0.15, 0.2) is 5.82 Å². The van der Waals surface area contributed by atoms with E-state index in [4.69, 9.17) is 0 Å². The number of halogens is 2. The van der Waals surface area contributed by atoms with Crippen molar-refractivity contribution >= 4 is 17.1 Å². The molecule has 4 aromatic rings. The predicted octanol–water partition coefficient (Wildman–Crippen LogP) is 4.22. The molecule has 0 atom stereocenters. The van der Waals surface area contributed by atoms with Crippen LogP contribution in [0.2, 0.25) is 0 Å². The fourth-order valence-electron chi connectivity index (χ4n) is 2.73. The van der Waals surface area contributed by atoms with Gasteiger partial charge in [0.25, 0.3) is 5.56 Å². The molecule has 132 valence electrons. The van der Waals surface area contributed by atoms with Crippen molar-refractivity contribution in [2.45, 2.75) is 0 Å². The first-order chi connectivity index (χ1) is 13.1. The Balaban J connectivity index is 1.93. The van der Waals surface area contributed by atoms with Crippen molar-refractivity contribution in [3.8, 4) is 11.4 Å². The van der Waals surface area contributed by atoms with Crippen molar-refractivity contribution < 1.29 is 8.78 Å². The van der Waals surface area contributed by atoms with Crippen LogP contribution >= 0.6 is 0 Å². The molecule has 0 bridgehead atoms. The number of para-hydroxylation sites is 1. The minimum atomic E-state index is -0.401. The van der Waals surface area contributed by atoms with Crippen molar-refractivity contribution in [1.82, 2.24) is 9.66 Å². The quantitative estimate of drug-likeness (QED) is 0.513. The van der Waals surface area contributed by atoms with Crippen LogP contribution in [0.1, 0.15) is 5.56 Å². The predicted molar refractivity (Wildman–Crippen MR) is 101 cm³/mol. The molecule has 1 heterocycles. The van der Waals surface area contributed by atoms with E-state index in [0.29, 0.717) is 22.0 Å². The summed E-state index contributed by atoms with van der Waals surface area (Å²) in [5.41, 5.74) is 1.18. The van der Waals surface area contributed by atoms with Gasteiger partial charge in [-0.3, -0.25) is 4.79 Å². The molecule has 0 aliphatic carbocycles. The van der Waals surface area contributed by atoms with Gasteiger partial charge < -0.3 is 0 Å². The van der Waals surface area contributed by atoms with E-state index in [2.05, 4.69) is 10.1 Å². The number of rotatable bonds is 3. The topological polar surface area (TPSA) is 47.2 Å². The monoisotopic (exact) mass is 361 g/mol. The summed E-state index contributed by atoms with van der Waals surface area (Å²) in [7, 11) is 0. The Morgan fingerprint density at radius 2 is 1.67 bits per heavy atom. The Kier molecular flexibility index (Phi) is 4.30. The number of hydrogen-bond donors (Lipinski definition) is 0. The lowest BCUT2D eigenvalue weighted by Crippen LogP contribution is -2.20. The van der Waals surface area contributed by atoms with Crippen LogP contribution in [0.3, 0.4) is 0 Å². The van der Waals surface area contributed by atoms with Crippen LogP contribution in [-0.2, 0) is 0 Å². The number of benzene rings is 3. The molecule has 0 unspecified atom stereocenters. The molecule has 3 aromatic carbocycles. The molecule has 0 amide bonds. The SMILES string of the molecule is O=c1c2ccccc2nc(-c2ccc(F)cc2)n1N=Cc1cccc(F)c1. The van der Waals surface area contributed by atoms with Gasteiger partial charge in [0.05, 0.1) is 17.1 Å². The van der Waals surface area contributed by atoms with Crippen LogP contribution in [0.4, 0.5) is 8.78 Å². The third-order valence-corrected chi connectivity index (χ3v) is 4.03. The summed E-state index contributed by atoms with van der Waals surface area (Å²) in [6.45, 7) is 0. The highest BCUT2D eigenvalue weighted by atomic mass is 19.1. The first-order valence-electron chi connectivity index (χ1n) is 8.19. The molecule has 0 spiro atoms. The lowest BCUT2D eigenvalue weighted by atomic mass is 10.2. The normalized spacial score (nSPS) is 11.3. The van der Waals surface area contributed by atoms with E-state index in [0.717, 1.165) is 4.68 Å². The third kappa shape index (κ3) is 3.37. The second-order valence-electron chi connectivity index (χ2n) is 5.88. The maximum atomic E-state index is 13.4. The van der Waals surface area contributed by atoms with Crippen LogP contribution in [0.5, 0.6) is 0 Å². The molecule has 0 saturated carbocycles. The van der Waals surface area contributed by atoms with Gasteiger partial charge in [-0.05, 0) is 54.1 Å². The highest BCUT2D eigenvalue weighted by molar-refractivity contribution is 5.82. The van der Waals surface area contributed by atoms with Crippen LogP contribution in [0.15, 0.2) is 82.7 Å². The molecule has 6 heteroatoms. The number of hydrogen-bond acceptors (Lipinski definition) is 3. The molecule has 27 heavy (non-hydrogen) atoms. The second-order valence-corrected chi connectivity index (χ2v) is 5.88. The van der Waals surface area contributed by atoms with E-state index in [1.54, 1.807) is 36.4 Å². The molecular weight excluding hydrogens is 348 g/mol. The zero-order valence-electron chi connectivity index (χ0n) is 14.0. The Labute approximate surface area is 153 Å². The van der Waals surface area contributed by atoms with E-state index in [-0.39, 0.29) is 11.4 Å². The van der Waals surface area contributed by atoms with Gasteiger partial charge in [-0.1, -0.05) is 24.3 Å². The Hall–Kier alpha value is -3.67. The summed E-state index contributed by atoms with van der Waals surface area (Å²) in [6, 6.07) is 18.4. The average molecular weight is 361 g/mol. The van der Waals surface area contributed by atoms with E-state index < -0.39 is 11.6 Å². The molecule has 0 fully saturated rings. The Morgan fingerprint density at radius 3 is 2.44 bits per heavy atom. The fraction of sp³-hybridized carbons (Fsp3) is 0. The van der Waals surface area contributed by atoms with E-state index in [9.17, 15) is 13.6 Å². The maximum absolute atomic E-state index is 13.4. The first-order valence-corrected chi connectivity index (χ1v) is 8.19. The van der Waals surface area contributed by atoms with E-state index >= 15 is 0 Å². The van der Waals surface area contributed by atoms with Crippen molar-refractivity contribution in [2.24, 2.45) is 5.10 Å². The summed E-state index contributed by atoms with van der Waals surface area (Å²) in [4.78, 5) is 17.5. The molecular formula is C21H13F2N3O. The largest absolute Gasteiger partial charge is 0.282 e. The van der Waals surface area contributed by atoms with Crippen LogP contribution in [0.25, 0.3) is 22.3 Å². The highest BCUT2D eigenvalue weighted by Crippen LogP contribution is 2.19. The van der Waals surface area contributed by atoms with Crippen LogP contribution in [-0.4, -0.2) is 15.9 Å². The van der Waals surface area contributed by atoms with Crippen molar-refractivity contribution in [3.05, 3.63) is 100 Å². The van der Waals surface area contributed by atoms with Gasteiger partial charge in [0.1, 0.15) is 11.6 Å². The summed E-state index contributed by atoms with van der Waals surface area (Å²) >= 11 is 0. The van der Waals surface area contributed by atoms with Gasteiger partial charge in [0.2, 0.25) is 0 Å². The third-order valence-electron chi connectivity index (χ3n) is 4.03. The standard InChI is InChI=1S/C21H13F2N3O/c22-16-10-8-15(9-11-16)20-25-19-7-2-1-6-18(19)21(27)26(20)24-13-14-4-3-5-17(23)12-14/h1-13H. The second kappa shape index (κ2) is 6.92. The summed E-state index contributed by atoms with van der Waals surface area (Å²) < 4.78 is 27.8. The zero-order valence-corrected chi connectivity index (χ0v) is 14.0. The minimum absolute atomic E-state index is 0.270. The molecule has 0 aliphatic rings. The number of nitrogens with zero attached hydrogens (tertiary/aromatic N) is 3. The molecule has 4 nitrogen and oxygen atoms in total. The molecule has 0 radical (unpaired) electrons. The van der Waals surface area contributed by atoms with Gasteiger partial charge in [0, 0.05) is 5.56 Å². The van der Waals surface area contributed by atoms with Gasteiger partial charge in [-0.2, -0.15) is 9.78 Å². The lowest BCUT2D eigenvalue weighted by Gasteiger charge is -2.09. The van der Waals surface area contributed by atoms with Gasteiger partial charge in [-0.25, -0.2) is 13.8 Å². The molecule has 4 rings (SSSR count). The van der Waals surface area contributed by atoms with Crippen LogP contribution < -0.4 is 5.56 Å². The van der Waals surface area contributed by atoms with E-state index in [1.165, 1.54) is 42.6 Å². The summed E-state index contributed by atoms with van der Waals surface area (Å²) in [6.07, 6.45) is 1.38. The average Bonchev–Trinajstić information content (AvgIpc) is 2.68. The minimum Gasteiger partial charge on any atom is -0.267 e. The summed E-state index contributed by atoms with van der Waals surface area (Å²) in [5.74, 6) is -0.523. The Morgan fingerprint density at radius 1 is 0.889 bits per heavy atom. The van der Waals surface area contributed by atoms with Crippen molar-refractivity contribution in [1.29, 1.82) is 0 Å². The summed E-state index contributed by atoms with van der Waals surface area (Å²) in [5, 5.41) is 4.62. The van der Waals surface area contributed by atoms with Gasteiger partial charge in [-0.15, -0.1) is 0 Å². The fourth-order valence-corrected chi connectivity index (χ4v) is 2.73. The molecule has 0 N–H and O–H groups in total. The smallest absolute Gasteiger partial charge is 0.267 e. The lowest BCUT2D eigenvalue weighted by molar-refractivity contribution is 0.627. The zero-order chi connectivity index (χ0) is 18.8. The highest BCUT2D eigenvalue weighted by Gasteiger charge is 2.12. The molecule has 0 saturated heterocycles. The van der Waals surface area contributed by atoms with Crippen molar-refractivity contribution in [3.63, 3.8) is 0 Å². The van der Waals surface area contributed by atoms with Crippen molar-refractivity contribution in [2.75, 3.05) is 0 Å². The van der Waals surface area contributed by atoms with Crippen LogP contribution in [0, 0.1) is 11.6 Å². The van der Waals surface area contributed by atoms with E-state index in [1.807, 2.05) is 0 Å². The number of aromatic nitrogens is 2. The molecule has 0 aliphatic heterocycles. The molecule has 1 aromatic heterocycles.